The maximum atomic E-state index is 12.1. The van der Waals surface area contributed by atoms with Gasteiger partial charge in [0.05, 0.1) is 5.52 Å². The molecule has 2 aromatic rings. The highest BCUT2D eigenvalue weighted by atomic mass is 16.4. The molecule has 3 N–H and O–H groups in total. The van der Waals surface area contributed by atoms with Crippen LogP contribution < -0.4 is 5.32 Å². The number of hydrogen-bond acceptors (Lipinski definition) is 3. The summed E-state index contributed by atoms with van der Waals surface area (Å²) in [7, 11) is 0. The van der Waals surface area contributed by atoms with Crippen molar-refractivity contribution in [1.29, 1.82) is 0 Å². The lowest BCUT2D eigenvalue weighted by molar-refractivity contribution is -0.139. The van der Waals surface area contributed by atoms with Gasteiger partial charge in [-0.1, -0.05) is 18.2 Å². The van der Waals surface area contributed by atoms with Gasteiger partial charge in [0.2, 0.25) is 0 Å². The highest BCUT2D eigenvalue weighted by Gasteiger charge is 2.37. The molecule has 1 fully saturated rings. The van der Waals surface area contributed by atoms with Gasteiger partial charge in [-0.05, 0) is 24.8 Å². The lowest BCUT2D eigenvalue weighted by atomic mass is 10.1. The molecule has 0 bridgehead atoms. The van der Waals surface area contributed by atoms with Gasteiger partial charge in [-0.25, -0.2) is 4.79 Å². The first kappa shape index (κ1) is 11.7. The van der Waals surface area contributed by atoms with Crippen LogP contribution in [0.15, 0.2) is 24.3 Å². The van der Waals surface area contributed by atoms with Crippen molar-refractivity contribution in [2.75, 3.05) is 0 Å². The third-order valence-corrected chi connectivity index (χ3v) is 3.33. The maximum Gasteiger partial charge on any atom is 0.326 e. The molecule has 1 aliphatic carbocycles. The van der Waals surface area contributed by atoms with Crippen molar-refractivity contribution in [1.82, 2.24) is 15.5 Å². The van der Waals surface area contributed by atoms with Gasteiger partial charge in [0.25, 0.3) is 5.91 Å². The minimum Gasteiger partial charge on any atom is -0.480 e. The van der Waals surface area contributed by atoms with Crippen LogP contribution in [-0.4, -0.2) is 33.2 Å². The van der Waals surface area contributed by atoms with E-state index in [2.05, 4.69) is 15.5 Å². The summed E-state index contributed by atoms with van der Waals surface area (Å²) in [6.45, 7) is 0. The maximum absolute atomic E-state index is 12.1. The van der Waals surface area contributed by atoms with Gasteiger partial charge < -0.3 is 10.4 Å². The molecule has 98 valence electrons. The predicted molar refractivity (Wildman–Crippen MR) is 67.7 cm³/mol. The number of carbonyl (C=O) groups is 2. The summed E-state index contributed by atoms with van der Waals surface area (Å²) in [6.07, 6.45) is 1.69. The number of fused-ring (bicyclic) bond motifs is 1. The van der Waals surface area contributed by atoms with E-state index in [1.54, 1.807) is 6.07 Å². The third-order valence-electron chi connectivity index (χ3n) is 3.33. The van der Waals surface area contributed by atoms with Gasteiger partial charge in [-0.3, -0.25) is 9.89 Å². The molecule has 1 heterocycles. The SMILES string of the molecule is O=C(NC(C(=O)O)C1CC1)c1n[nH]c2ccccc12. The third kappa shape index (κ3) is 2.16. The zero-order valence-corrected chi connectivity index (χ0v) is 10.1. The molecule has 19 heavy (non-hydrogen) atoms. The fraction of sp³-hybridized carbons (Fsp3) is 0.308. The van der Waals surface area contributed by atoms with Crippen molar-refractivity contribution in [2.45, 2.75) is 18.9 Å². The van der Waals surface area contributed by atoms with Crippen molar-refractivity contribution in [3.05, 3.63) is 30.0 Å². The Labute approximate surface area is 108 Å². The van der Waals surface area contributed by atoms with Crippen LogP contribution in [0.4, 0.5) is 0 Å². The number of hydrogen-bond donors (Lipinski definition) is 3. The van der Waals surface area contributed by atoms with Crippen molar-refractivity contribution < 1.29 is 14.7 Å². The molecule has 1 aromatic carbocycles. The number of carbonyl (C=O) groups excluding carboxylic acids is 1. The lowest BCUT2D eigenvalue weighted by Gasteiger charge is -2.12. The summed E-state index contributed by atoms with van der Waals surface area (Å²) in [6, 6.07) is 6.43. The molecule has 0 saturated heterocycles. The number of aromatic nitrogens is 2. The Hall–Kier alpha value is -2.37. The second-order valence-corrected chi connectivity index (χ2v) is 4.74. The normalized spacial score (nSPS) is 16.2. The number of aliphatic carboxylic acids is 1. The Morgan fingerprint density at radius 2 is 2.11 bits per heavy atom. The van der Waals surface area contributed by atoms with Crippen LogP contribution >= 0.6 is 0 Å². The van der Waals surface area contributed by atoms with E-state index in [0.29, 0.717) is 5.39 Å². The molecular weight excluding hydrogens is 246 g/mol. The van der Waals surface area contributed by atoms with E-state index in [9.17, 15) is 9.59 Å². The molecular formula is C13H13N3O3. The van der Waals surface area contributed by atoms with E-state index >= 15 is 0 Å². The molecule has 1 atom stereocenters. The molecule has 0 spiro atoms. The second kappa shape index (κ2) is 4.38. The first-order valence-corrected chi connectivity index (χ1v) is 6.13. The summed E-state index contributed by atoms with van der Waals surface area (Å²) >= 11 is 0. The number of carboxylic acid groups (broad SMARTS) is 1. The first-order chi connectivity index (χ1) is 9.16. The van der Waals surface area contributed by atoms with Crippen LogP contribution in [0.3, 0.4) is 0 Å². The van der Waals surface area contributed by atoms with Gasteiger partial charge in [-0.2, -0.15) is 5.10 Å². The minimum atomic E-state index is -0.990. The lowest BCUT2D eigenvalue weighted by Crippen LogP contribution is -2.42. The number of rotatable bonds is 4. The number of H-pyrrole nitrogens is 1. The summed E-state index contributed by atoms with van der Waals surface area (Å²) in [5, 5.41) is 19.1. The average molecular weight is 259 g/mol. The monoisotopic (exact) mass is 259 g/mol. The highest BCUT2D eigenvalue weighted by molar-refractivity contribution is 6.05. The van der Waals surface area contributed by atoms with Crippen LogP contribution in [0.1, 0.15) is 23.3 Å². The number of para-hydroxylation sites is 1. The number of nitrogens with one attached hydrogen (secondary N) is 2. The van der Waals surface area contributed by atoms with Gasteiger partial charge in [0.1, 0.15) is 6.04 Å². The van der Waals surface area contributed by atoms with Crippen molar-refractivity contribution in [2.24, 2.45) is 5.92 Å². The molecule has 0 aliphatic heterocycles. The Morgan fingerprint density at radius 3 is 2.79 bits per heavy atom. The molecule has 1 aromatic heterocycles. The standard InChI is InChI=1S/C13H13N3O3/c17-12(14-10(13(18)19)7-5-6-7)11-8-3-1-2-4-9(8)15-16-11/h1-4,7,10H,5-6H2,(H,14,17)(H,15,16)(H,18,19). The van der Waals surface area contributed by atoms with E-state index in [-0.39, 0.29) is 11.6 Å². The van der Waals surface area contributed by atoms with E-state index in [1.807, 2.05) is 18.2 Å². The Bertz CT molecular complexity index is 645. The summed E-state index contributed by atoms with van der Waals surface area (Å²) < 4.78 is 0. The first-order valence-electron chi connectivity index (χ1n) is 6.13. The Kier molecular flexibility index (Phi) is 2.70. The highest BCUT2D eigenvalue weighted by Crippen LogP contribution is 2.33. The molecule has 6 nitrogen and oxygen atoms in total. The molecule has 1 unspecified atom stereocenters. The van der Waals surface area contributed by atoms with Crippen molar-refractivity contribution >= 4 is 22.8 Å². The fourth-order valence-corrected chi connectivity index (χ4v) is 2.16. The average Bonchev–Trinajstić information content (AvgIpc) is 3.14. The summed E-state index contributed by atoms with van der Waals surface area (Å²) in [4.78, 5) is 23.2. The van der Waals surface area contributed by atoms with Crippen LogP contribution in [0.2, 0.25) is 0 Å². The predicted octanol–water partition coefficient (Wildman–Crippen LogP) is 1.16. The zero-order valence-electron chi connectivity index (χ0n) is 10.1. The van der Waals surface area contributed by atoms with Crippen LogP contribution in [0, 0.1) is 5.92 Å². The van der Waals surface area contributed by atoms with E-state index in [1.165, 1.54) is 0 Å². The Morgan fingerprint density at radius 1 is 1.37 bits per heavy atom. The number of benzene rings is 1. The molecule has 1 aliphatic rings. The van der Waals surface area contributed by atoms with Gasteiger partial charge in [0.15, 0.2) is 5.69 Å². The van der Waals surface area contributed by atoms with Crippen molar-refractivity contribution in [3.8, 4) is 0 Å². The summed E-state index contributed by atoms with van der Waals surface area (Å²) in [5.74, 6) is -1.39. The van der Waals surface area contributed by atoms with E-state index < -0.39 is 17.9 Å². The fourth-order valence-electron chi connectivity index (χ4n) is 2.16. The van der Waals surface area contributed by atoms with Crippen LogP contribution in [-0.2, 0) is 4.79 Å². The topological polar surface area (TPSA) is 95.1 Å². The van der Waals surface area contributed by atoms with Gasteiger partial charge in [0, 0.05) is 5.39 Å². The quantitative estimate of drug-likeness (QED) is 0.767. The molecule has 0 radical (unpaired) electrons. The van der Waals surface area contributed by atoms with Gasteiger partial charge in [-0.15, -0.1) is 0 Å². The van der Waals surface area contributed by atoms with Crippen LogP contribution in [0.5, 0.6) is 0 Å². The number of aromatic amines is 1. The minimum absolute atomic E-state index is 0.0478. The van der Waals surface area contributed by atoms with Gasteiger partial charge >= 0.3 is 5.97 Å². The molecule has 3 rings (SSSR count). The number of amides is 1. The largest absolute Gasteiger partial charge is 0.480 e. The van der Waals surface area contributed by atoms with E-state index in [4.69, 9.17) is 5.11 Å². The molecule has 1 saturated carbocycles. The molecule has 1 amide bonds. The summed E-state index contributed by atoms with van der Waals surface area (Å²) in [5.41, 5.74) is 0.994. The van der Waals surface area contributed by atoms with Crippen molar-refractivity contribution in [3.63, 3.8) is 0 Å². The second-order valence-electron chi connectivity index (χ2n) is 4.74. The van der Waals surface area contributed by atoms with E-state index in [0.717, 1.165) is 18.4 Å². The molecule has 6 heteroatoms. The number of carboxylic acids is 1. The zero-order chi connectivity index (χ0) is 13.4. The smallest absolute Gasteiger partial charge is 0.326 e. The Balaban J connectivity index is 1.85. The van der Waals surface area contributed by atoms with Crippen LogP contribution in [0.25, 0.3) is 10.9 Å². The number of nitrogens with zero attached hydrogens (tertiary/aromatic N) is 1.